The highest BCUT2D eigenvalue weighted by Crippen LogP contribution is 2.35. The number of hydrogen-bond donors (Lipinski definition) is 0. The largest absolute Gasteiger partial charge is 0.477 e. The quantitative estimate of drug-likeness (QED) is 0.647. The lowest BCUT2D eigenvalue weighted by Gasteiger charge is -2.26. The third-order valence-corrected chi connectivity index (χ3v) is 6.27. The molecule has 0 N–H and O–H groups in total. The van der Waals surface area contributed by atoms with E-state index in [2.05, 4.69) is 41.0 Å². The number of allylic oxidation sites excluding steroid dienone is 1. The van der Waals surface area contributed by atoms with Gasteiger partial charge in [-0.05, 0) is 77.1 Å². The number of aliphatic imine (C=N–C) groups is 1. The summed E-state index contributed by atoms with van der Waals surface area (Å²) in [5, 5.41) is 0. The predicted molar refractivity (Wildman–Crippen MR) is 117 cm³/mol. The summed E-state index contributed by atoms with van der Waals surface area (Å²) < 4.78 is 5.92. The summed E-state index contributed by atoms with van der Waals surface area (Å²) in [6.45, 7) is 10.5. The average Bonchev–Trinajstić information content (AvgIpc) is 3.06. The maximum Gasteiger partial charge on any atom is 0.211 e. The highest BCUT2D eigenvalue weighted by atomic mass is 16.5. The molecule has 5 nitrogen and oxygen atoms in total. The van der Waals surface area contributed by atoms with Crippen molar-refractivity contribution in [2.45, 2.75) is 59.3 Å². The molecule has 0 radical (unpaired) electrons. The van der Waals surface area contributed by atoms with Gasteiger partial charge < -0.3 is 9.64 Å². The maximum atomic E-state index is 13.0. The van der Waals surface area contributed by atoms with Crippen LogP contribution >= 0.6 is 0 Å². The van der Waals surface area contributed by atoms with Gasteiger partial charge in [0.15, 0.2) is 0 Å². The summed E-state index contributed by atoms with van der Waals surface area (Å²) in [7, 11) is 2.16. The van der Waals surface area contributed by atoms with Crippen LogP contribution in [0.2, 0.25) is 0 Å². The second kappa shape index (κ2) is 9.21. The van der Waals surface area contributed by atoms with Gasteiger partial charge in [0.05, 0.1) is 5.41 Å². The van der Waals surface area contributed by atoms with Crippen molar-refractivity contribution in [2.75, 3.05) is 26.7 Å². The third kappa shape index (κ3) is 5.53. The van der Waals surface area contributed by atoms with Crippen molar-refractivity contribution in [3.8, 4) is 0 Å². The van der Waals surface area contributed by atoms with E-state index in [1.165, 1.54) is 11.1 Å². The van der Waals surface area contributed by atoms with Gasteiger partial charge in [0.25, 0.3) is 0 Å². The zero-order valence-corrected chi connectivity index (χ0v) is 18.6. The predicted octanol–water partition coefficient (Wildman–Crippen LogP) is 4.52. The van der Waals surface area contributed by atoms with E-state index in [-0.39, 0.29) is 5.78 Å². The second-order valence-electron chi connectivity index (χ2n) is 9.39. The Morgan fingerprint density at radius 3 is 2.76 bits per heavy atom. The van der Waals surface area contributed by atoms with Crippen LogP contribution in [0.25, 0.3) is 0 Å². The van der Waals surface area contributed by atoms with Crippen LogP contribution in [0.15, 0.2) is 34.8 Å². The number of pyridine rings is 1. The lowest BCUT2D eigenvalue weighted by molar-refractivity contribution is -0.129. The molecule has 1 aromatic rings. The first-order valence-corrected chi connectivity index (χ1v) is 10.8. The van der Waals surface area contributed by atoms with E-state index in [4.69, 9.17) is 4.74 Å². The lowest BCUT2D eigenvalue weighted by Crippen LogP contribution is -2.30. The number of nitrogens with zero attached hydrogens (tertiary/aromatic N) is 3. The minimum absolute atomic E-state index is 0.269. The first-order chi connectivity index (χ1) is 13.8. The minimum atomic E-state index is -0.508. The molecule has 0 unspecified atom stereocenters. The molecule has 1 aromatic heterocycles. The van der Waals surface area contributed by atoms with Crippen molar-refractivity contribution in [3.63, 3.8) is 0 Å². The molecule has 0 spiro atoms. The van der Waals surface area contributed by atoms with E-state index in [0.717, 1.165) is 38.0 Å². The van der Waals surface area contributed by atoms with Crippen LogP contribution in [0, 0.1) is 18.3 Å². The van der Waals surface area contributed by atoms with Crippen LogP contribution in [0.4, 0.5) is 0 Å². The number of ether oxygens (including phenoxy) is 1. The zero-order valence-electron chi connectivity index (χ0n) is 18.6. The number of Topliss-reactive ketones (excluding diaryl/α,β-unsaturated/α-hetero) is 1. The minimum Gasteiger partial charge on any atom is -0.477 e. The molecule has 2 atom stereocenters. The van der Waals surface area contributed by atoms with Crippen molar-refractivity contribution in [1.29, 1.82) is 0 Å². The Morgan fingerprint density at radius 1 is 1.28 bits per heavy atom. The van der Waals surface area contributed by atoms with Crippen molar-refractivity contribution in [1.82, 2.24) is 9.88 Å². The number of rotatable bonds is 8. The van der Waals surface area contributed by atoms with Gasteiger partial charge in [-0.15, -0.1) is 0 Å². The van der Waals surface area contributed by atoms with E-state index in [9.17, 15) is 4.79 Å². The van der Waals surface area contributed by atoms with Gasteiger partial charge in [-0.3, -0.25) is 9.78 Å². The highest BCUT2D eigenvalue weighted by molar-refractivity contribution is 5.84. The van der Waals surface area contributed by atoms with Gasteiger partial charge in [0.2, 0.25) is 5.88 Å². The van der Waals surface area contributed by atoms with E-state index in [1.54, 1.807) is 0 Å². The molecule has 0 aromatic carbocycles. The van der Waals surface area contributed by atoms with Gasteiger partial charge in [-0.2, -0.15) is 0 Å². The maximum absolute atomic E-state index is 13.0. The average molecular weight is 398 g/mol. The van der Waals surface area contributed by atoms with Gasteiger partial charge in [-0.25, -0.2) is 4.99 Å². The van der Waals surface area contributed by atoms with Crippen LogP contribution in [-0.4, -0.2) is 48.6 Å². The number of likely N-dealkylation sites (tertiary alicyclic amines) is 1. The van der Waals surface area contributed by atoms with Crippen LogP contribution in [0.5, 0.6) is 0 Å². The Kier molecular flexibility index (Phi) is 6.89. The monoisotopic (exact) mass is 397 g/mol. The molecule has 3 heterocycles. The zero-order chi connectivity index (χ0) is 21.0. The van der Waals surface area contributed by atoms with Crippen molar-refractivity contribution in [3.05, 3.63) is 41.0 Å². The molecule has 158 valence electrons. The van der Waals surface area contributed by atoms with E-state index in [0.29, 0.717) is 30.7 Å². The van der Waals surface area contributed by atoms with Crippen molar-refractivity contribution in [2.24, 2.45) is 16.3 Å². The van der Waals surface area contributed by atoms with Crippen LogP contribution in [-0.2, 0) is 9.53 Å². The van der Waals surface area contributed by atoms with Gasteiger partial charge >= 0.3 is 0 Å². The highest BCUT2D eigenvalue weighted by Gasteiger charge is 2.35. The number of likely N-dealkylation sites (N-methyl/N-ethyl adjacent to an activating group) is 1. The van der Waals surface area contributed by atoms with Crippen LogP contribution in [0.3, 0.4) is 0 Å². The second-order valence-corrected chi connectivity index (χ2v) is 9.39. The Bertz CT molecular complexity index is 780. The number of ketones is 1. The Morgan fingerprint density at radius 2 is 2.07 bits per heavy atom. The fraction of sp³-hybridized carbons (Fsp3) is 0.625. The standard InChI is InChI=1S/C24H35N3O2/c1-17-7-6-12-25-23(17)29-16-24(3,4)22(28)11-10-20-14-27(5)15-21(20)19-9-8-18(2)26-13-19/h8-9,12-13,20-21H,6-7,10-11,14-16H2,1-5H3/t20-,21+/m1/s1. The smallest absolute Gasteiger partial charge is 0.211 e. The van der Waals surface area contributed by atoms with Crippen molar-refractivity contribution >= 4 is 12.0 Å². The topological polar surface area (TPSA) is 54.8 Å². The molecular formula is C24H35N3O2. The molecule has 29 heavy (non-hydrogen) atoms. The molecular weight excluding hydrogens is 362 g/mol. The molecule has 3 rings (SSSR count). The number of aromatic nitrogens is 1. The summed E-state index contributed by atoms with van der Waals surface area (Å²) in [4.78, 5) is 24.2. The number of carbonyl (C=O) groups excluding carboxylic acids is 1. The Labute approximate surface area is 175 Å². The lowest BCUT2D eigenvalue weighted by atomic mass is 9.81. The summed E-state index contributed by atoms with van der Waals surface area (Å²) in [5.41, 5.74) is 2.99. The first kappa shape index (κ1) is 21.7. The molecule has 0 bridgehead atoms. The van der Waals surface area contributed by atoms with E-state index >= 15 is 0 Å². The molecule has 5 heteroatoms. The molecule has 0 amide bonds. The number of hydrogen-bond acceptors (Lipinski definition) is 5. The van der Waals surface area contributed by atoms with Crippen LogP contribution in [0.1, 0.15) is 63.6 Å². The fourth-order valence-electron chi connectivity index (χ4n) is 4.25. The molecule has 2 aliphatic rings. The fourth-order valence-corrected chi connectivity index (χ4v) is 4.25. The third-order valence-electron chi connectivity index (χ3n) is 6.27. The van der Waals surface area contributed by atoms with Gasteiger partial charge in [0, 0.05) is 43.5 Å². The molecule has 0 aliphatic carbocycles. The van der Waals surface area contributed by atoms with Crippen molar-refractivity contribution < 1.29 is 9.53 Å². The normalized spacial score (nSPS) is 22.9. The summed E-state index contributed by atoms with van der Waals surface area (Å²) >= 11 is 0. The van der Waals surface area contributed by atoms with E-state index in [1.807, 2.05) is 33.2 Å². The SMILES string of the molecule is CC1=C(OCC(C)(C)C(=O)CC[C@@H]2CN(C)C[C@H]2c2ccc(C)nc2)N=CCC1. The molecule has 2 aliphatic heterocycles. The summed E-state index contributed by atoms with van der Waals surface area (Å²) in [6, 6.07) is 4.28. The molecule has 1 fully saturated rings. The van der Waals surface area contributed by atoms with Gasteiger partial charge in [0.1, 0.15) is 12.4 Å². The Hall–Kier alpha value is -2.01. The first-order valence-electron chi connectivity index (χ1n) is 10.8. The molecule has 1 saturated heterocycles. The molecule has 0 saturated carbocycles. The van der Waals surface area contributed by atoms with Gasteiger partial charge in [-0.1, -0.05) is 6.07 Å². The van der Waals surface area contributed by atoms with Crippen LogP contribution < -0.4 is 0 Å². The number of aryl methyl sites for hydroxylation is 1. The van der Waals surface area contributed by atoms with E-state index < -0.39 is 5.41 Å². The summed E-state index contributed by atoms with van der Waals surface area (Å²) in [5.74, 6) is 1.90. The summed E-state index contributed by atoms with van der Waals surface area (Å²) in [6.07, 6.45) is 7.35. The Balaban J connectivity index is 1.56. The number of carbonyl (C=O) groups is 1.